The molecule has 1 amide bonds. The number of hydrogen-bond acceptors (Lipinski definition) is 2. The molecule has 1 N–H and O–H groups in total. The van der Waals surface area contributed by atoms with E-state index in [-0.39, 0.29) is 5.91 Å². The van der Waals surface area contributed by atoms with Crippen molar-refractivity contribution in [1.29, 1.82) is 0 Å². The number of carbonyl (C=O) groups is 1. The van der Waals surface area contributed by atoms with Crippen molar-refractivity contribution in [2.75, 3.05) is 13.3 Å². The standard InChI is InChI=1S/C13H25NO2/c1-4-5-6-7-8-9-10-16-11-14-13(15)12(2)3/h2,4-11H2,1,3H3,(H,14,15). The normalized spacial score (nSPS) is 10.1. The van der Waals surface area contributed by atoms with E-state index in [0.29, 0.717) is 12.3 Å². The molecule has 0 aromatic heterocycles. The van der Waals surface area contributed by atoms with Crippen molar-refractivity contribution >= 4 is 5.91 Å². The molecular formula is C13H25NO2. The Morgan fingerprint density at radius 2 is 1.81 bits per heavy atom. The Kier molecular flexibility index (Phi) is 10.1. The molecule has 94 valence electrons. The lowest BCUT2D eigenvalue weighted by molar-refractivity contribution is -0.119. The van der Waals surface area contributed by atoms with E-state index in [4.69, 9.17) is 4.74 Å². The van der Waals surface area contributed by atoms with E-state index in [1.165, 1.54) is 32.1 Å². The number of carbonyl (C=O) groups excluding carboxylic acids is 1. The topological polar surface area (TPSA) is 38.3 Å². The van der Waals surface area contributed by atoms with Gasteiger partial charge in [-0.2, -0.15) is 0 Å². The van der Waals surface area contributed by atoms with Crippen LogP contribution in [0.2, 0.25) is 0 Å². The summed E-state index contributed by atoms with van der Waals surface area (Å²) in [5.74, 6) is -0.136. The molecule has 0 heterocycles. The molecule has 0 aliphatic rings. The summed E-state index contributed by atoms with van der Waals surface area (Å²) < 4.78 is 5.29. The summed E-state index contributed by atoms with van der Waals surface area (Å²) in [7, 11) is 0. The lowest BCUT2D eigenvalue weighted by Gasteiger charge is -2.06. The highest BCUT2D eigenvalue weighted by molar-refractivity contribution is 5.91. The zero-order valence-corrected chi connectivity index (χ0v) is 10.7. The molecule has 3 nitrogen and oxygen atoms in total. The number of nitrogens with one attached hydrogen (secondary N) is 1. The van der Waals surface area contributed by atoms with E-state index in [1.807, 2.05) is 0 Å². The molecule has 0 saturated heterocycles. The minimum atomic E-state index is -0.136. The molecule has 0 aromatic rings. The number of unbranched alkanes of at least 4 members (excludes halogenated alkanes) is 5. The summed E-state index contributed by atoms with van der Waals surface area (Å²) in [5, 5.41) is 2.63. The first-order chi connectivity index (χ1) is 7.68. The third kappa shape index (κ3) is 9.71. The van der Waals surface area contributed by atoms with Gasteiger partial charge in [0.25, 0.3) is 0 Å². The summed E-state index contributed by atoms with van der Waals surface area (Å²) in [4.78, 5) is 11.1. The quantitative estimate of drug-likeness (QED) is 0.354. The molecule has 0 rings (SSSR count). The summed E-state index contributed by atoms with van der Waals surface area (Å²) >= 11 is 0. The third-order valence-corrected chi connectivity index (χ3v) is 2.36. The van der Waals surface area contributed by atoms with E-state index < -0.39 is 0 Å². The van der Waals surface area contributed by atoms with Gasteiger partial charge in [0, 0.05) is 12.2 Å². The summed E-state index contributed by atoms with van der Waals surface area (Å²) in [6.07, 6.45) is 7.51. The molecule has 0 aromatic carbocycles. The highest BCUT2D eigenvalue weighted by atomic mass is 16.5. The maximum absolute atomic E-state index is 11.1. The first-order valence-corrected chi connectivity index (χ1v) is 6.20. The number of amides is 1. The third-order valence-electron chi connectivity index (χ3n) is 2.36. The molecule has 0 aliphatic heterocycles. The zero-order valence-electron chi connectivity index (χ0n) is 10.7. The molecule has 0 spiro atoms. The van der Waals surface area contributed by atoms with Crippen LogP contribution in [0.3, 0.4) is 0 Å². The molecule has 0 saturated carbocycles. The minimum absolute atomic E-state index is 0.136. The van der Waals surface area contributed by atoms with Crippen LogP contribution in [0, 0.1) is 0 Å². The Morgan fingerprint density at radius 3 is 2.44 bits per heavy atom. The van der Waals surface area contributed by atoms with Gasteiger partial charge in [-0.3, -0.25) is 4.79 Å². The largest absolute Gasteiger partial charge is 0.361 e. The van der Waals surface area contributed by atoms with Gasteiger partial charge in [-0.1, -0.05) is 45.6 Å². The molecule has 0 fully saturated rings. The lowest BCUT2D eigenvalue weighted by Crippen LogP contribution is -2.26. The Hall–Kier alpha value is -0.830. The van der Waals surface area contributed by atoms with Crippen LogP contribution in [0.25, 0.3) is 0 Å². The average molecular weight is 227 g/mol. The Balaban J connectivity index is 3.10. The minimum Gasteiger partial charge on any atom is -0.361 e. The van der Waals surface area contributed by atoms with Crippen LogP contribution in [0.1, 0.15) is 52.4 Å². The molecule has 0 aliphatic carbocycles. The first-order valence-electron chi connectivity index (χ1n) is 6.20. The van der Waals surface area contributed by atoms with Crippen molar-refractivity contribution in [3.63, 3.8) is 0 Å². The van der Waals surface area contributed by atoms with Crippen molar-refractivity contribution in [2.24, 2.45) is 0 Å². The summed E-state index contributed by atoms with van der Waals surface area (Å²) in [6.45, 7) is 8.46. The van der Waals surface area contributed by atoms with Crippen molar-refractivity contribution in [3.05, 3.63) is 12.2 Å². The Morgan fingerprint density at radius 1 is 1.19 bits per heavy atom. The zero-order chi connectivity index (χ0) is 12.2. The highest BCUT2D eigenvalue weighted by Gasteiger charge is 1.98. The molecule has 3 heteroatoms. The smallest absolute Gasteiger partial charge is 0.248 e. The molecule has 0 radical (unpaired) electrons. The number of hydrogen-bond donors (Lipinski definition) is 1. The van der Waals surface area contributed by atoms with E-state index in [9.17, 15) is 4.79 Å². The Labute approximate surface area is 99.3 Å². The van der Waals surface area contributed by atoms with Crippen LogP contribution in [-0.2, 0) is 9.53 Å². The van der Waals surface area contributed by atoms with Crippen LogP contribution >= 0.6 is 0 Å². The van der Waals surface area contributed by atoms with Gasteiger partial charge in [-0.25, -0.2) is 0 Å². The SMILES string of the molecule is C=C(C)C(=O)NCOCCCCCCCC. The maximum atomic E-state index is 11.1. The van der Waals surface area contributed by atoms with Crippen LogP contribution in [0.5, 0.6) is 0 Å². The number of ether oxygens (including phenoxy) is 1. The maximum Gasteiger partial charge on any atom is 0.248 e. The molecule has 0 bridgehead atoms. The van der Waals surface area contributed by atoms with Gasteiger partial charge in [0.2, 0.25) is 5.91 Å². The van der Waals surface area contributed by atoms with Crippen molar-refractivity contribution in [2.45, 2.75) is 52.4 Å². The first kappa shape index (κ1) is 15.2. The van der Waals surface area contributed by atoms with E-state index in [2.05, 4.69) is 18.8 Å². The summed E-state index contributed by atoms with van der Waals surface area (Å²) in [5.41, 5.74) is 0.517. The fourth-order valence-electron chi connectivity index (χ4n) is 1.32. The van der Waals surface area contributed by atoms with E-state index >= 15 is 0 Å². The molecular weight excluding hydrogens is 202 g/mol. The number of rotatable bonds is 10. The fraction of sp³-hybridized carbons (Fsp3) is 0.769. The van der Waals surface area contributed by atoms with Gasteiger partial charge in [0.15, 0.2) is 0 Å². The average Bonchev–Trinajstić information content (AvgIpc) is 2.26. The fourth-order valence-corrected chi connectivity index (χ4v) is 1.32. The second-order valence-electron chi connectivity index (χ2n) is 4.11. The van der Waals surface area contributed by atoms with Gasteiger partial charge in [-0.05, 0) is 13.3 Å². The van der Waals surface area contributed by atoms with Gasteiger partial charge in [0.05, 0.1) is 0 Å². The molecule has 16 heavy (non-hydrogen) atoms. The summed E-state index contributed by atoms with van der Waals surface area (Å²) in [6, 6.07) is 0. The van der Waals surface area contributed by atoms with Gasteiger partial charge >= 0.3 is 0 Å². The lowest BCUT2D eigenvalue weighted by atomic mass is 10.1. The van der Waals surface area contributed by atoms with Crippen molar-refractivity contribution in [3.8, 4) is 0 Å². The van der Waals surface area contributed by atoms with Crippen LogP contribution in [0.4, 0.5) is 0 Å². The molecule has 0 atom stereocenters. The Bertz CT molecular complexity index is 202. The van der Waals surface area contributed by atoms with Crippen LogP contribution in [0.15, 0.2) is 12.2 Å². The van der Waals surface area contributed by atoms with Crippen molar-refractivity contribution < 1.29 is 9.53 Å². The second kappa shape index (κ2) is 10.7. The predicted octanol–water partition coefficient (Wildman–Crippen LogP) is 3.01. The van der Waals surface area contributed by atoms with Crippen LogP contribution < -0.4 is 5.32 Å². The van der Waals surface area contributed by atoms with Gasteiger partial charge in [-0.15, -0.1) is 0 Å². The second-order valence-corrected chi connectivity index (χ2v) is 4.11. The van der Waals surface area contributed by atoms with Gasteiger partial charge in [0.1, 0.15) is 6.73 Å². The van der Waals surface area contributed by atoms with Crippen molar-refractivity contribution in [1.82, 2.24) is 5.32 Å². The molecule has 0 unspecified atom stereocenters. The monoisotopic (exact) mass is 227 g/mol. The van der Waals surface area contributed by atoms with E-state index in [1.54, 1.807) is 6.92 Å². The highest BCUT2D eigenvalue weighted by Crippen LogP contribution is 2.04. The van der Waals surface area contributed by atoms with Crippen LogP contribution in [-0.4, -0.2) is 19.2 Å². The predicted molar refractivity (Wildman–Crippen MR) is 67.2 cm³/mol. The van der Waals surface area contributed by atoms with E-state index in [0.717, 1.165) is 13.0 Å². The van der Waals surface area contributed by atoms with Gasteiger partial charge < -0.3 is 10.1 Å².